The monoisotopic (exact) mass is 604 g/mol. The van der Waals surface area contributed by atoms with Crippen molar-refractivity contribution in [1.82, 2.24) is 0 Å². The number of hydrogen-bond acceptors (Lipinski definition) is 1. The molecule has 0 aliphatic heterocycles. The van der Waals surface area contributed by atoms with Gasteiger partial charge in [-0.15, -0.1) is 12.6 Å². The predicted octanol–water partition coefficient (Wildman–Crippen LogP) is 9.20. The minimum atomic E-state index is -8.72. The fourth-order valence-electron chi connectivity index (χ4n) is 2.11. The summed E-state index contributed by atoms with van der Waals surface area (Å²) in [5, 5.41) is 0. The van der Waals surface area contributed by atoms with Crippen molar-refractivity contribution in [2.24, 2.45) is 0 Å². The van der Waals surface area contributed by atoms with Crippen molar-refractivity contribution in [1.29, 1.82) is 0 Å². The van der Waals surface area contributed by atoms with Gasteiger partial charge in [-0.2, -0.15) is 79.0 Å². The molecule has 0 heterocycles. The van der Waals surface area contributed by atoms with Gasteiger partial charge in [-0.25, -0.2) is 0 Å². The van der Waals surface area contributed by atoms with Crippen LogP contribution in [0.1, 0.15) is 26.3 Å². The highest BCUT2D eigenvalue weighted by molar-refractivity contribution is 7.80. The molecule has 0 aliphatic carbocycles. The second-order valence-corrected chi connectivity index (χ2v) is 8.76. The Bertz CT molecular complexity index is 855. The Hall–Kier alpha value is -1.69. The average Bonchev–Trinajstić information content (AvgIpc) is 2.65. The fraction of sp³-hybridized carbons (Fsp3) is 0.667. The number of thiol groups is 1. The van der Waals surface area contributed by atoms with Gasteiger partial charge >= 0.3 is 47.9 Å². The van der Waals surface area contributed by atoms with E-state index in [1.807, 2.05) is 12.1 Å². The first kappa shape index (κ1) is 35.3. The summed E-state index contributed by atoms with van der Waals surface area (Å²) in [6.45, 7) is 6.63. The Morgan fingerprint density at radius 3 is 0.811 bits per heavy atom. The molecule has 0 atom stereocenters. The van der Waals surface area contributed by atoms with E-state index in [1.54, 1.807) is 0 Å². The molecule has 0 unspecified atom stereocenters. The maximum atomic E-state index is 12.8. The lowest BCUT2D eigenvalue weighted by Gasteiger charge is -2.41. The van der Waals surface area contributed by atoms with Gasteiger partial charge in [0.25, 0.3) is 0 Å². The number of rotatable bonds is 5. The van der Waals surface area contributed by atoms with E-state index in [2.05, 4.69) is 45.5 Å². The summed E-state index contributed by atoms with van der Waals surface area (Å²) in [6.07, 6.45) is -15.6. The van der Waals surface area contributed by atoms with Crippen LogP contribution in [-0.2, 0) is 5.41 Å². The molecule has 19 heteroatoms. The van der Waals surface area contributed by atoms with E-state index in [-0.39, 0.29) is 5.41 Å². The van der Waals surface area contributed by atoms with Crippen LogP contribution in [0.2, 0.25) is 0 Å². The highest BCUT2D eigenvalue weighted by atomic mass is 32.1. The van der Waals surface area contributed by atoms with Gasteiger partial charge in [-0.1, -0.05) is 32.9 Å². The van der Waals surface area contributed by atoms with E-state index in [0.717, 1.165) is 4.90 Å². The molecule has 0 saturated heterocycles. The van der Waals surface area contributed by atoms with Crippen LogP contribution in [-0.4, -0.2) is 47.9 Å². The molecule has 0 saturated carbocycles. The van der Waals surface area contributed by atoms with Gasteiger partial charge < -0.3 is 0 Å². The summed E-state index contributed by atoms with van der Waals surface area (Å²) in [7, 11) is 0. The molecule has 0 nitrogen and oxygen atoms in total. The maximum absolute atomic E-state index is 12.8. The number of benzene rings is 1. The summed E-state index contributed by atoms with van der Waals surface area (Å²) in [5.41, 5.74) is 1.61. The third kappa shape index (κ3) is 5.99. The van der Waals surface area contributed by atoms with Crippen molar-refractivity contribution in [3.8, 4) is 0 Å². The molecule has 0 fully saturated rings. The Balaban J connectivity index is 0.000000970. The molecule has 1 rings (SSSR count). The van der Waals surface area contributed by atoms with Gasteiger partial charge in [-0.3, -0.25) is 0 Å². The predicted molar refractivity (Wildman–Crippen MR) is 94.2 cm³/mol. The lowest BCUT2D eigenvalue weighted by atomic mass is 9.87. The van der Waals surface area contributed by atoms with Crippen LogP contribution in [0.3, 0.4) is 0 Å². The smallest absolute Gasteiger partial charge is 0.192 e. The summed E-state index contributed by atoms with van der Waals surface area (Å²) in [4.78, 5) is 1.03. The Morgan fingerprint density at radius 1 is 0.405 bits per heavy atom. The quantitative estimate of drug-likeness (QED) is 0.252. The molecule has 0 N–H and O–H groups in total. The molecule has 0 radical (unpaired) electrons. The third-order valence-electron chi connectivity index (χ3n) is 4.42. The first-order chi connectivity index (χ1) is 15.7. The molecule has 1 aromatic rings. The Morgan fingerprint density at radius 2 is 0.622 bits per heavy atom. The minimum Gasteiger partial charge on any atom is -0.192 e. The first-order valence-electron chi connectivity index (χ1n) is 8.95. The second kappa shape index (κ2) is 9.81. The zero-order valence-electron chi connectivity index (χ0n) is 18.1. The van der Waals surface area contributed by atoms with E-state index in [9.17, 15) is 79.0 Å². The molecule has 218 valence electrons. The van der Waals surface area contributed by atoms with Crippen molar-refractivity contribution in [2.75, 3.05) is 0 Å². The highest BCUT2D eigenvalue weighted by Crippen LogP contribution is 2.64. The largest absolute Gasteiger partial charge is 0.460 e. The van der Waals surface area contributed by atoms with Gasteiger partial charge in [0, 0.05) is 4.90 Å². The molecule has 0 aliphatic rings. The van der Waals surface area contributed by atoms with E-state index in [4.69, 9.17) is 0 Å². The van der Waals surface area contributed by atoms with Crippen molar-refractivity contribution >= 4 is 12.6 Å². The van der Waals surface area contributed by atoms with Crippen molar-refractivity contribution in [2.45, 2.75) is 79.0 Å². The van der Waals surface area contributed by atoms with Crippen LogP contribution in [0.4, 0.5) is 79.0 Å². The number of halogens is 18. The molecule has 0 spiro atoms. The molecular weight excluding hydrogens is 590 g/mol. The summed E-state index contributed by atoms with van der Waals surface area (Å²) in [5.74, 6) is -51.0. The first-order valence-corrected chi connectivity index (χ1v) is 9.39. The van der Waals surface area contributed by atoms with E-state index < -0.39 is 47.9 Å². The van der Waals surface area contributed by atoms with Crippen LogP contribution in [0, 0.1) is 0 Å². The van der Waals surface area contributed by atoms with Crippen LogP contribution in [0.15, 0.2) is 29.2 Å². The molecular formula is C18H14F18S. The standard InChI is InChI=1S/C10H14S.C8F18/c1-10(2,3)8-4-6-9(11)7-5-8;9-1(10,3(13,14)5(17,18)7(21,22)23)2(11,12)4(15,16)6(19,20)8(24,25)26/h4-7,11H,1-3H3;. The van der Waals surface area contributed by atoms with E-state index >= 15 is 0 Å². The summed E-state index contributed by atoms with van der Waals surface area (Å²) >= 11 is 4.23. The lowest BCUT2D eigenvalue weighted by Crippen LogP contribution is -2.74. The topological polar surface area (TPSA) is 0 Å². The van der Waals surface area contributed by atoms with Gasteiger partial charge in [-0.05, 0) is 23.1 Å². The highest BCUT2D eigenvalue weighted by Gasteiger charge is 2.95. The number of alkyl halides is 18. The molecule has 0 amide bonds. The zero-order valence-corrected chi connectivity index (χ0v) is 19.0. The van der Waals surface area contributed by atoms with Gasteiger partial charge in [0.2, 0.25) is 0 Å². The molecule has 1 aromatic carbocycles. The summed E-state index contributed by atoms with van der Waals surface area (Å²) < 4.78 is 221. The number of hydrogen-bond donors (Lipinski definition) is 1. The van der Waals surface area contributed by atoms with Crippen molar-refractivity contribution in [3.05, 3.63) is 29.8 Å². The summed E-state index contributed by atoms with van der Waals surface area (Å²) in [6, 6.07) is 8.32. The minimum absolute atomic E-state index is 0.251. The van der Waals surface area contributed by atoms with E-state index in [0.29, 0.717) is 0 Å². The van der Waals surface area contributed by atoms with E-state index in [1.165, 1.54) is 5.56 Å². The van der Waals surface area contributed by atoms with Crippen LogP contribution in [0.25, 0.3) is 0 Å². The fourth-order valence-corrected chi connectivity index (χ4v) is 2.26. The van der Waals surface area contributed by atoms with Crippen molar-refractivity contribution < 1.29 is 79.0 Å². The van der Waals surface area contributed by atoms with Crippen LogP contribution >= 0.6 is 12.6 Å². The average molecular weight is 604 g/mol. The second-order valence-electron chi connectivity index (χ2n) is 8.24. The van der Waals surface area contributed by atoms with Gasteiger partial charge in [0.15, 0.2) is 0 Å². The molecule has 0 bridgehead atoms. The third-order valence-corrected chi connectivity index (χ3v) is 4.72. The van der Waals surface area contributed by atoms with Crippen LogP contribution < -0.4 is 0 Å². The Labute approximate surface area is 201 Å². The maximum Gasteiger partial charge on any atom is 0.460 e. The van der Waals surface area contributed by atoms with Gasteiger partial charge in [0.05, 0.1) is 0 Å². The zero-order chi connectivity index (χ0) is 30.5. The van der Waals surface area contributed by atoms with Gasteiger partial charge in [0.1, 0.15) is 0 Å². The molecule has 0 aromatic heterocycles. The lowest BCUT2D eigenvalue weighted by molar-refractivity contribution is -0.468. The van der Waals surface area contributed by atoms with Crippen LogP contribution in [0.5, 0.6) is 0 Å². The SMILES string of the molecule is CC(C)(C)c1ccc(S)cc1.FC(F)(F)C(F)(F)C(F)(F)C(F)(F)C(F)(F)C(F)(F)C(F)(F)C(F)(F)F. The molecule has 37 heavy (non-hydrogen) atoms. The normalized spacial score (nSPS) is 15.3. The Kier molecular flexibility index (Phi) is 9.36. The van der Waals surface area contributed by atoms with Crippen molar-refractivity contribution in [3.63, 3.8) is 0 Å².